The topological polar surface area (TPSA) is 54.3 Å². The van der Waals surface area contributed by atoms with Gasteiger partial charge in [0.15, 0.2) is 0 Å². The van der Waals surface area contributed by atoms with Crippen molar-refractivity contribution in [1.29, 1.82) is 0 Å². The van der Waals surface area contributed by atoms with Gasteiger partial charge in [-0.05, 0) is 35.1 Å². The van der Waals surface area contributed by atoms with Crippen molar-refractivity contribution in [2.75, 3.05) is 11.9 Å². The van der Waals surface area contributed by atoms with Gasteiger partial charge in [-0.3, -0.25) is 4.79 Å². The van der Waals surface area contributed by atoms with Crippen molar-refractivity contribution in [3.05, 3.63) is 53.5 Å². The smallest absolute Gasteiger partial charge is 0.225 e. The van der Waals surface area contributed by atoms with E-state index in [4.69, 9.17) is 4.42 Å². The predicted octanol–water partition coefficient (Wildman–Crippen LogP) is 4.64. The zero-order valence-electron chi connectivity index (χ0n) is 15.1. The van der Waals surface area contributed by atoms with Crippen molar-refractivity contribution < 1.29 is 9.21 Å². The maximum Gasteiger partial charge on any atom is 0.225 e. The number of hydrogen-bond acceptors (Lipinski definition) is 3. The fourth-order valence-corrected chi connectivity index (χ4v) is 2.72. The zero-order chi connectivity index (χ0) is 17.5. The molecule has 0 bridgehead atoms. The molecule has 0 unspecified atom stereocenters. The number of carbonyl (C=O) groups excluding carboxylic acids is 1. The summed E-state index contributed by atoms with van der Waals surface area (Å²) in [6.45, 7) is 9.87. The molecule has 0 aliphatic rings. The first-order valence-corrected chi connectivity index (χ1v) is 8.64. The monoisotopic (exact) mass is 328 g/mol. The number of nitrogens with one attached hydrogen (secondary N) is 2. The molecule has 4 heteroatoms. The summed E-state index contributed by atoms with van der Waals surface area (Å²) in [4.78, 5) is 12.3. The molecule has 0 aliphatic carbocycles. The molecule has 2 N–H and O–H groups in total. The van der Waals surface area contributed by atoms with Crippen LogP contribution in [0, 0.1) is 0 Å². The van der Waals surface area contributed by atoms with E-state index in [2.05, 4.69) is 56.5 Å². The van der Waals surface area contributed by atoms with Gasteiger partial charge in [0.05, 0.1) is 12.8 Å². The Morgan fingerprint density at radius 3 is 2.25 bits per heavy atom. The molecule has 0 saturated carbocycles. The van der Waals surface area contributed by atoms with Crippen LogP contribution in [0.2, 0.25) is 0 Å². The second-order valence-corrected chi connectivity index (χ2v) is 6.68. The second kappa shape index (κ2) is 8.69. The summed E-state index contributed by atoms with van der Waals surface area (Å²) in [5.74, 6) is 1.66. The molecule has 1 heterocycles. The van der Waals surface area contributed by atoms with E-state index in [1.165, 1.54) is 11.1 Å². The molecule has 1 amide bonds. The number of hydrogen-bond donors (Lipinski definition) is 2. The summed E-state index contributed by atoms with van der Waals surface area (Å²) in [7, 11) is 0. The van der Waals surface area contributed by atoms with Crippen molar-refractivity contribution in [2.24, 2.45) is 0 Å². The summed E-state index contributed by atoms with van der Waals surface area (Å²) in [5, 5.41) is 6.36. The Balaban J connectivity index is 1.95. The molecule has 0 saturated heterocycles. The molecule has 0 aliphatic heterocycles. The van der Waals surface area contributed by atoms with E-state index in [9.17, 15) is 4.79 Å². The van der Waals surface area contributed by atoms with Gasteiger partial charge in [0, 0.05) is 18.7 Å². The van der Waals surface area contributed by atoms with Crippen molar-refractivity contribution >= 4 is 11.6 Å². The molecule has 0 fully saturated rings. The van der Waals surface area contributed by atoms with Gasteiger partial charge in [-0.15, -0.1) is 0 Å². The third-order valence-electron chi connectivity index (χ3n) is 4.05. The van der Waals surface area contributed by atoms with E-state index in [0.717, 1.165) is 11.4 Å². The normalized spacial score (nSPS) is 11.2. The lowest BCUT2D eigenvalue weighted by atomic mass is 9.92. The summed E-state index contributed by atoms with van der Waals surface area (Å²) in [6.07, 6.45) is 2.09. The van der Waals surface area contributed by atoms with Gasteiger partial charge in [-0.2, -0.15) is 0 Å². The number of amides is 1. The number of para-hydroxylation sites is 1. The van der Waals surface area contributed by atoms with E-state index >= 15 is 0 Å². The number of anilines is 1. The third-order valence-corrected chi connectivity index (χ3v) is 4.05. The molecule has 1 aromatic heterocycles. The van der Waals surface area contributed by atoms with Crippen molar-refractivity contribution in [2.45, 2.75) is 52.5 Å². The Morgan fingerprint density at radius 1 is 1.04 bits per heavy atom. The quantitative estimate of drug-likeness (QED) is 0.694. The minimum absolute atomic E-state index is 0.0388. The fraction of sp³-hybridized carbons (Fsp3) is 0.450. The zero-order valence-corrected chi connectivity index (χ0v) is 15.1. The van der Waals surface area contributed by atoms with Gasteiger partial charge in [0.1, 0.15) is 5.76 Å². The van der Waals surface area contributed by atoms with Crippen molar-refractivity contribution in [3.8, 4) is 0 Å². The van der Waals surface area contributed by atoms with Crippen LogP contribution in [-0.4, -0.2) is 12.5 Å². The van der Waals surface area contributed by atoms with Crippen LogP contribution in [0.4, 0.5) is 5.69 Å². The molecule has 4 nitrogen and oxygen atoms in total. The van der Waals surface area contributed by atoms with E-state index in [-0.39, 0.29) is 5.91 Å². The number of benzene rings is 1. The lowest BCUT2D eigenvalue weighted by Gasteiger charge is -2.20. The van der Waals surface area contributed by atoms with E-state index in [0.29, 0.717) is 31.3 Å². The fourth-order valence-electron chi connectivity index (χ4n) is 2.72. The Hall–Kier alpha value is -2.07. The van der Waals surface area contributed by atoms with Crippen LogP contribution in [0.5, 0.6) is 0 Å². The van der Waals surface area contributed by atoms with E-state index in [1.807, 2.05) is 12.1 Å². The molecule has 2 rings (SSSR count). The largest absolute Gasteiger partial charge is 0.468 e. The summed E-state index contributed by atoms with van der Waals surface area (Å²) < 4.78 is 5.26. The third kappa shape index (κ3) is 4.96. The standard InChI is InChI=1S/C20H28N2O2/c1-14(2)17-8-5-9-18(15(3)4)20(17)22-19(23)10-11-21-13-16-7-6-12-24-16/h5-9,12,14-15,21H,10-11,13H2,1-4H3,(H,22,23). The van der Waals surface area contributed by atoms with E-state index in [1.54, 1.807) is 6.26 Å². The lowest BCUT2D eigenvalue weighted by molar-refractivity contribution is -0.116. The van der Waals surface area contributed by atoms with Crippen LogP contribution in [-0.2, 0) is 11.3 Å². The summed E-state index contributed by atoms with van der Waals surface area (Å²) in [5.41, 5.74) is 3.37. The summed E-state index contributed by atoms with van der Waals surface area (Å²) in [6, 6.07) is 10.1. The Kier molecular flexibility index (Phi) is 6.62. The van der Waals surface area contributed by atoms with Crippen LogP contribution in [0.3, 0.4) is 0 Å². The molecular formula is C20H28N2O2. The average Bonchev–Trinajstić information content (AvgIpc) is 3.04. The van der Waals surface area contributed by atoms with Gasteiger partial charge in [0.2, 0.25) is 5.91 Å². The maximum absolute atomic E-state index is 12.3. The first-order chi connectivity index (χ1) is 11.5. The molecular weight excluding hydrogens is 300 g/mol. The molecule has 24 heavy (non-hydrogen) atoms. The Bertz CT molecular complexity index is 619. The number of carbonyl (C=O) groups is 1. The van der Waals surface area contributed by atoms with Crippen molar-refractivity contribution in [1.82, 2.24) is 5.32 Å². The molecule has 0 radical (unpaired) electrons. The summed E-state index contributed by atoms with van der Waals surface area (Å²) >= 11 is 0. The second-order valence-electron chi connectivity index (χ2n) is 6.68. The van der Waals surface area contributed by atoms with Crippen LogP contribution in [0.25, 0.3) is 0 Å². The highest BCUT2D eigenvalue weighted by Gasteiger charge is 2.15. The van der Waals surface area contributed by atoms with Gasteiger partial charge in [0.25, 0.3) is 0 Å². The highest BCUT2D eigenvalue weighted by atomic mass is 16.3. The van der Waals surface area contributed by atoms with Crippen molar-refractivity contribution in [3.63, 3.8) is 0 Å². The van der Waals surface area contributed by atoms with Crippen LogP contribution in [0.15, 0.2) is 41.0 Å². The van der Waals surface area contributed by atoms with Crippen LogP contribution < -0.4 is 10.6 Å². The molecule has 130 valence electrons. The molecule has 0 atom stereocenters. The van der Waals surface area contributed by atoms with Crippen LogP contribution in [0.1, 0.15) is 62.8 Å². The number of furan rings is 1. The minimum Gasteiger partial charge on any atom is -0.468 e. The highest BCUT2D eigenvalue weighted by Crippen LogP contribution is 2.32. The molecule has 0 spiro atoms. The van der Waals surface area contributed by atoms with Gasteiger partial charge in [-0.1, -0.05) is 45.9 Å². The average molecular weight is 328 g/mol. The number of rotatable bonds is 8. The highest BCUT2D eigenvalue weighted by molar-refractivity contribution is 5.92. The Morgan fingerprint density at radius 2 is 1.71 bits per heavy atom. The first-order valence-electron chi connectivity index (χ1n) is 8.64. The van der Waals surface area contributed by atoms with Gasteiger partial charge in [-0.25, -0.2) is 0 Å². The first kappa shape index (κ1) is 18.3. The Labute approximate surface area is 144 Å². The maximum atomic E-state index is 12.3. The molecule has 1 aromatic carbocycles. The van der Waals surface area contributed by atoms with Gasteiger partial charge >= 0.3 is 0 Å². The van der Waals surface area contributed by atoms with Gasteiger partial charge < -0.3 is 15.1 Å². The predicted molar refractivity (Wildman–Crippen MR) is 98.3 cm³/mol. The lowest BCUT2D eigenvalue weighted by Crippen LogP contribution is -2.22. The minimum atomic E-state index is 0.0388. The van der Waals surface area contributed by atoms with Crippen LogP contribution >= 0.6 is 0 Å². The molecule has 2 aromatic rings. The SMILES string of the molecule is CC(C)c1cccc(C(C)C)c1NC(=O)CCNCc1ccco1. The van der Waals surface area contributed by atoms with E-state index < -0.39 is 0 Å².